The minimum atomic E-state index is -0.408. The number of urea groups is 1. The molecule has 0 radical (unpaired) electrons. The summed E-state index contributed by atoms with van der Waals surface area (Å²) in [6.07, 6.45) is 1.73. The molecule has 1 aliphatic rings. The molecule has 0 aromatic heterocycles. The summed E-state index contributed by atoms with van der Waals surface area (Å²) in [4.78, 5) is 14.0. The minimum Gasteiger partial charge on any atom is -0.391 e. The molecule has 2 N–H and O–H groups in total. The average Bonchev–Trinajstić information content (AvgIpc) is 3.48. The van der Waals surface area contributed by atoms with Crippen molar-refractivity contribution in [2.24, 2.45) is 5.92 Å². The molecule has 3 rings (SSSR count). The summed E-state index contributed by atoms with van der Waals surface area (Å²) in [6.45, 7) is 0.911. The molecule has 0 saturated heterocycles. The van der Waals surface area contributed by atoms with Crippen molar-refractivity contribution in [3.63, 3.8) is 0 Å². The molecule has 1 saturated carbocycles. The lowest BCUT2D eigenvalue weighted by molar-refractivity contribution is 0.113. The third-order valence-corrected chi connectivity index (χ3v) is 4.84. The summed E-state index contributed by atoms with van der Waals surface area (Å²) in [5, 5.41) is 13.0. The number of benzene rings is 2. The van der Waals surface area contributed by atoms with E-state index < -0.39 is 6.10 Å². The van der Waals surface area contributed by atoms with Gasteiger partial charge in [0.1, 0.15) is 0 Å². The van der Waals surface area contributed by atoms with Gasteiger partial charge in [-0.05, 0) is 29.9 Å². The first-order chi connectivity index (χ1) is 12.1. The third-order valence-electron chi connectivity index (χ3n) is 4.84. The highest BCUT2D eigenvalue weighted by Crippen LogP contribution is 2.32. The smallest absolute Gasteiger partial charge is 0.317 e. The zero-order valence-corrected chi connectivity index (χ0v) is 14.6. The minimum absolute atomic E-state index is 0.105. The first-order valence-corrected chi connectivity index (χ1v) is 8.92. The second-order valence-electron chi connectivity index (χ2n) is 6.85. The standard InChI is InChI=1S/C21H26N2O2/c1-23(15-20(24)18-12-13-18)21(25)22-14-19(16-8-4-2-5-9-16)17-10-6-3-7-11-17/h2-11,18-20,24H,12-15H2,1H3,(H,22,25). The monoisotopic (exact) mass is 338 g/mol. The van der Waals surface area contributed by atoms with E-state index >= 15 is 0 Å². The van der Waals surface area contributed by atoms with E-state index in [1.165, 1.54) is 11.1 Å². The zero-order valence-electron chi connectivity index (χ0n) is 14.6. The van der Waals surface area contributed by atoms with Crippen LogP contribution in [0.25, 0.3) is 0 Å². The van der Waals surface area contributed by atoms with Gasteiger partial charge in [-0.2, -0.15) is 0 Å². The summed E-state index contributed by atoms with van der Waals surface area (Å²) in [7, 11) is 1.74. The molecule has 2 amide bonds. The van der Waals surface area contributed by atoms with Gasteiger partial charge in [-0.25, -0.2) is 4.79 Å². The lowest BCUT2D eigenvalue weighted by Crippen LogP contribution is -2.43. The molecule has 25 heavy (non-hydrogen) atoms. The Labute approximate surface area is 149 Å². The van der Waals surface area contributed by atoms with Gasteiger partial charge in [-0.1, -0.05) is 60.7 Å². The molecule has 1 atom stereocenters. The van der Waals surface area contributed by atoms with E-state index in [2.05, 4.69) is 29.6 Å². The molecule has 0 aliphatic heterocycles. The SMILES string of the molecule is CN(CC(O)C1CC1)C(=O)NCC(c1ccccc1)c1ccccc1. The number of rotatable bonds is 7. The number of aliphatic hydroxyl groups is 1. The van der Waals surface area contributed by atoms with E-state index in [-0.39, 0.29) is 11.9 Å². The van der Waals surface area contributed by atoms with Crippen LogP contribution in [0.4, 0.5) is 4.79 Å². The normalized spacial score (nSPS) is 15.0. The number of likely N-dealkylation sites (N-methyl/N-ethyl adjacent to an activating group) is 1. The Morgan fingerprint density at radius 3 is 2.08 bits per heavy atom. The summed E-state index contributed by atoms with van der Waals surface area (Å²) in [5.74, 6) is 0.477. The number of hydrogen-bond donors (Lipinski definition) is 2. The Kier molecular flexibility index (Phi) is 5.71. The number of carbonyl (C=O) groups is 1. The van der Waals surface area contributed by atoms with Crippen molar-refractivity contribution in [2.75, 3.05) is 20.1 Å². The lowest BCUT2D eigenvalue weighted by Gasteiger charge is -2.24. The lowest BCUT2D eigenvalue weighted by atomic mass is 9.91. The predicted molar refractivity (Wildman–Crippen MR) is 99.5 cm³/mol. The van der Waals surface area contributed by atoms with Gasteiger partial charge in [-0.3, -0.25) is 0 Å². The largest absolute Gasteiger partial charge is 0.391 e. The van der Waals surface area contributed by atoms with Crippen molar-refractivity contribution in [3.8, 4) is 0 Å². The first kappa shape index (κ1) is 17.5. The van der Waals surface area contributed by atoms with Crippen LogP contribution in [0.15, 0.2) is 60.7 Å². The molecule has 0 bridgehead atoms. The van der Waals surface area contributed by atoms with Gasteiger partial charge in [0.15, 0.2) is 0 Å². The molecular formula is C21H26N2O2. The number of hydrogen-bond acceptors (Lipinski definition) is 2. The number of carbonyl (C=O) groups excluding carboxylic acids is 1. The van der Waals surface area contributed by atoms with Crippen molar-refractivity contribution in [2.45, 2.75) is 24.9 Å². The van der Waals surface area contributed by atoms with Crippen LogP contribution in [0.2, 0.25) is 0 Å². The number of amides is 2. The van der Waals surface area contributed by atoms with E-state index in [1.54, 1.807) is 11.9 Å². The molecule has 132 valence electrons. The van der Waals surface area contributed by atoms with Crippen LogP contribution in [-0.4, -0.2) is 42.3 Å². The highest BCUT2D eigenvalue weighted by Gasteiger charge is 2.31. The maximum atomic E-state index is 12.4. The van der Waals surface area contributed by atoms with Crippen molar-refractivity contribution < 1.29 is 9.90 Å². The molecule has 1 fully saturated rings. The molecule has 4 nitrogen and oxygen atoms in total. The Hall–Kier alpha value is -2.33. The van der Waals surface area contributed by atoms with Crippen LogP contribution in [0, 0.1) is 5.92 Å². The van der Waals surface area contributed by atoms with Crippen molar-refractivity contribution in [1.29, 1.82) is 0 Å². The number of nitrogens with one attached hydrogen (secondary N) is 1. The Morgan fingerprint density at radius 1 is 1.08 bits per heavy atom. The fourth-order valence-electron chi connectivity index (χ4n) is 3.12. The van der Waals surface area contributed by atoms with Crippen LogP contribution in [0.3, 0.4) is 0 Å². The Morgan fingerprint density at radius 2 is 1.60 bits per heavy atom. The summed E-state index contributed by atoms with van der Waals surface area (Å²) >= 11 is 0. The fourth-order valence-corrected chi connectivity index (χ4v) is 3.12. The third kappa shape index (κ3) is 4.83. The van der Waals surface area contributed by atoms with E-state index in [1.807, 2.05) is 36.4 Å². The van der Waals surface area contributed by atoms with E-state index in [9.17, 15) is 9.90 Å². The topological polar surface area (TPSA) is 52.6 Å². The van der Waals surface area contributed by atoms with Crippen LogP contribution >= 0.6 is 0 Å². The highest BCUT2D eigenvalue weighted by molar-refractivity contribution is 5.74. The molecule has 2 aromatic rings. The van der Waals surface area contributed by atoms with Crippen LogP contribution < -0.4 is 5.32 Å². The number of aliphatic hydroxyl groups excluding tert-OH is 1. The summed E-state index contributed by atoms with van der Waals surface area (Å²) < 4.78 is 0. The van der Waals surface area contributed by atoms with Gasteiger partial charge in [0, 0.05) is 26.1 Å². The summed E-state index contributed by atoms with van der Waals surface area (Å²) in [6, 6.07) is 20.3. The zero-order chi connectivity index (χ0) is 17.6. The first-order valence-electron chi connectivity index (χ1n) is 8.92. The van der Waals surface area contributed by atoms with E-state index in [0.717, 1.165) is 12.8 Å². The highest BCUT2D eigenvalue weighted by atomic mass is 16.3. The molecular weight excluding hydrogens is 312 g/mol. The predicted octanol–water partition coefficient (Wildman–Crippen LogP) is 3.23. The Balaban J connectivity index is 1.63. The van der Waals surface area contributed by atoms with Crippen LogP contribution in [0.5, 0.6) is 0 Å². The van der Waals surface area contributed by atoms with Crippen LogP contribution in [-0.2, 0) is 0 Å². The quantitative estimate of drug-likeness (QED) is 0.814. The van der Waals surface area contributed by atoms with Crippen LogP contribution in [0.1, 0.15) is 29.9 Å². The maximum absolute atomic E-state index is 12.4. The molecule has 1 unspecified atom stereocenters. The average molecular weight is 338 g/mol. The van der Waals surface area contributed by atoms with Crippen molar-refractivity contribution >= 4 is 6.03 Å². The number of nitrogens with zero attached hydrogens (tertiary/aromatic N) is 1. The maximum Gasteiger partial charge on any atom is 0.317 e. The van der Waals surface area contributed by atoms with Crippen molar-refractivity contribution in [3.05, 3.63) is 71.8 Å². The van der Waals surface area contributed by atoms with Gasteiger partial charge in [-0.15, -0.1) is 0 Å². The fraction of sp³-hybridized carbons (Fsp3) is 0.381. The van der Waals surface area contributed by atoms with Gasteiger partial charge in [0.25, 0.3) is 0 Å². The van der Waals surface area contributed by atoms with Gasteiger partial charge >= 0.3 is 6.03 Å². The second kappa shape index (κ2) is 8.17. The van der Waals surface area contributed by atoms with Crippen molar-refractivity contribution in [1.82, 2.24) is 10.2 Å². The molecule has 4 heteroatoms. The summed E-state index contributed by atoms with van der Waals surface area (Å²) in [5.41, 5.74) is 2.35. The van der Waals surface area contributed by atoms with Gasteiger partial charge < -0.3 is 15.3 Å². The van der Waals surface area contributed by atoms with E-state index in [4.69, 9.17) is 0 Å². The van der Waals surface area contributed by atoms with E-state index in [0.29, 0.717) is 19.0 Å². The van der Waals surface area contributed by atoms with Gasteiger partial charge in [0.05, 0.1) is 6.10 Å². The molecule has 0 heterocycles. The molecule has 0 spiro atoms. The van der Waals surface area contributed by atoms with Gasteiger partial charge in [0.2, 0.25) is 0 Å². The second-order valence-corrected chi connectivity index (χ2v) is 6.85. The molecule has 1 aliphatic carbocycles. The Bertz CT molecular complexity index is 631. The molecule has 2 aromatic carbocycles.